The van der Waals surface area contributed by atoms with E-state index in [0.29, 0.717) is 12.2 Å². The number of phosphoric ester groups is 3. The SMILES string of the molecule is CCCCC/C=C\C/C=C\CCCCCCCC(=O)SCCNC(=O)CCNC(=O)[C@H](O)C(C)(C)COP(=O)([O-])OP(=O)([O-])OC[C@H]1O[C@@H](n2cnc3c(N)ncnc32)[C@H](O)[C@@H]1OP(=O)([O-])O.[Li+].[Li+].[Li+]. The molecule has 3 heterocycles. The van der Waals surface area contributed by atoms with Gasteiger partial charge in [0.05, 0.1) is 19.5 Å². The van der Waals surface area contributed by atoms with Crippen LogP contribution >= 0.6 is 35.2 Å². The van der Waals surface area contributed by atoms with Gasteiger partial charge in [0.25, 0.3) is 23.5 Å². The van der Waals surface area contributed by atoms with Gasteiger partial charge in [0.1, 0.15) is 36.3 Å². The summed E-state index contributed by atoms with van der Waals surface area (Å²) in [6.45, 7) is 2.41. The maximum Gasteiger partial charge on any atom is 1.00 e. The molecule has 0 aliphatic carbocycles. The van der Waals surface area contributed by atoms with Crippen LogP contribution in [0, 0.1) is 5.41 Å². The van der Waals surface area contributed by atoms with E-state index in [1.165, 1.54) is 33.1 Å². The Kier molecular flexibility index (Phi) is 33.8. The van der Waals surface area contributed by atoms with Crippen molar-refractivity contribution in [2.45, 2.75) is 135 Å². The fraction of sp³-hybridized carbons (Fsp3) is 0.692. The molecule has 31 heteroatoms. The van der Waals surface area contributed by atoms with Gasteiger partial charge in [0.15, 0.2) is 22.8 Å². The van der Waals surface area contributed by atoms with Gasteiger partial charge >= 0.3 is 56.6 Å². The van der Waals surface area contributed by atoms with E-state index in [4.69, 9.17) is 10.5 Å². The molecule has 7 N–H and O–H groups in total. The number of hydrogen-bond donors (Lipinski definition) is 6. The minimum atomic E-state index is -5.90. The molecule has 3 unspecified atom stereocenters. The number of anilines is 1. The van der Waals surface area contributed by atoms with Crippen molar-refractivity contribution >= 4 is 69.1 Å². The largest absolute Gasteiger partial charge is 1.00 e. The molecular weight excluding hydrogens is 984 g/mol. The quantitative estimate of drug-likeness (QED) is 0.0168. The number of carbonyl (C=O) groups is 3. The zero-order valence-electron chi connectivity index (χ0n) is 40.8. The van der Waals surface area contributed by atoms with Gasteiger partial charge in [0.2, 0.25) is 11.8 Å². The molecule has 1 fully saturated rings. The molecule has 2 aromatic heterocycles. The summed E-state index contributed by atoms with van der Waals surface area (Å²) in [4.78, 5) is 94.8. The maximum atomic E-state index is 12.6. The summed E-state index contributed by atoms with van der Waals surface area (Å²) in [7, 11) is -17.3. The first kappa shape index (κ1) is 68.8. The van der Waals surface area contributed by atoms with Crippen LogP contribution in [0.1, 0.15) is 110 Å². The third-order valence-electron chi connectivity index (χ3n) is 10.1. The molecule has 24 nitrogen and oxygen atoms in total. The van der Waals surface area contributed by atoms with Gasteiger partial charge in [-0.2, -0.15) is 0 Å². The Morgan fingerprint density at radius 3 is 2.20 bits per heavy atom. The monoisotopic (exact) mass is 1050 g/mol. The predicted octanol–water partition coefficient (Wildman–Crippen LogP) is -6.41. The van der Waals surface area contributed by atoms with Gasteiger partial charge in [-0.15, -0.1) is 0 Å². The van der Waals surface area contributed by atoms with Gasteiger partial charge in [-0.3, -0.25) is 32.6 Å². The Morgan fingerprint density at radius 2 is 1.54 bits per heavy atom. The second kappa shape index (κ2) is 34.4. The standard InChI is InChI=1S/C39H66N7O17P3S.3Li/c1-4-5-6-7-8-9-10-11-12-13-14-15-16-17-18-19-30(48)67-23-22-41-29(47)20-21-42-37(51)34(50)39(2,3)25-60-66(57,58)63-65(55,56)59-24-28-33(62-64(52,53)54)32(49)38(61-28)46-27-45-31-35(40)43-26-44-36(31)46;;;/h8-9,11-12,26-28,32-34,38,49-50H,4-7,10,13-25H2,1-3H3,(H,41,47)(H,42,51)(H,55,56)(H,57,58)(H2,40,43,44)(H2,52,53,54);;;/q;3*+1/p-3/b9-8-,12-11-;;;/t28-,32-,33-,34+,38-;;;/m1.../s1. The molecule has 380 valence electrons. The number of unbranched alkanes of at least 4 members (excludes halogenated alkanes) is 8. The van der Waals surface area contributed by atoms with Crippen LogP contribution in [-0.2, 0) is 50.7 Å². The maximum absolute atomic E-state index is 12.6. The van der Waals surface area contributed by atoms with Crippen molar-refractivity contribution in [3.8, 4) is 0 Å². The van der Waals surface area contributed by atoms with Gasteiger partial charge in [-0.1, -0.05) is 88.9 Å². The van der Waals surface area contributed by atoms with Crippen LogP contribution < -0.4 is 87.6 Å². The fourth-order valence-electron chi connectivity index (χ4n) is 6.43. The predicted molar refractivity (Wildman–Crippen MR) is 240 cm³/mol. The third kappa shape index (κ3) is 25.9. The summed E-state index contributed by atoms with van der Waals surface area (Å²) in [5.41, 5.74) is 4.13. The minimum Gasteiger partial charge on any atom is -0.756 e. The van der Waals surface area contributed by atoms with E-state index < -0.39 is 84.6 Å². The minimum absolute atomic E-state index is 0. The normalized spacial score (nSPS) is 20.1. The van der Waals surface area contributed by atoms with Crippen LogP contribution in [0.4, 0.5) is 5.82 Å². The number of thioether (sulfide) groups is 1. The van der Waals surface area contributed by atoms with Crippen molar-refractivity contribution in [2.24, 2.45) is 5.41 Å². The number of hydrogen-bond acceptors (Lipinski definition) is 21. The van der Waals surface area contributed by atoms with Crippen LogP contribution in [0.5, 0.6) is 0 Å². The second-order valence-electron chi connectivity index (χ2n) is 16.2. The van der Waals surface area contributed by atoms with E-state index in [1.807, 2.05) is 0 Å². The number of imidazole rings is 1. The molecule has 2 amide bonds. The number of aliphatic hydroxyl groups excluding tert-OH is 2. The summed E-state index contributed by atoms with van der Waals surface area (Å²) >= 11 is 1.13. The topological polar surface area (TPSA) is 372 Å². The Labute approximate surface area is 448 Å². The molecule has 3 rings (SSSR count). The smallest absolute Gasteiger partial charge is 0.756 e. The van der Waals surface area contributed by atoms with Crippen LogP contribution in [0.2, 0.25) is 0 Å². The van der Waals surface area contributed by atoms with Crippen molar-refractivity contribution in [1.29, 1.82) is 0 Å². The van der Waals surface area contributed by atoms with E-state index in [0.717, 1.165) is 80.4 Å². The molecule has 8 atom stereocenters. The number of nitrogen functional groups attached to an aromatic ring is 1. The number of phosphoric acid groups is 3. The van der Waals surface area contributed by atoms with Crippen molar-refractivity contribution in [3.63, 3.8) is 0 Å². The van der Waals surface area contributed by atoms with Gasteiger partial charge < -0.3 is 64.5 Å². The first-order valence-electron chi connectivity index (χ1n) is 21.8. The van der Waals surface area contributed by atoms with Crippen LogP contribution in [0.3, 0.4) is 0 Å². The van der Waals surface area contributed by atoms with Crippen LogP contribution in [0.25, 0.3) is 11.2 Å². The van der Waals surface area contributed by atoms with Gasteiger partial charge in [0, 0.05) is 37.1 Å². The van der Waals surface area contributed by atoms with Crippen molar-refractivity contribution < 1.29 is 137 Å². The molecule has 0 radical (unpaired) electrons. The van der Waals surface area contributed by atoms with Gasteiger partial charge in [-0.25, -0.2) is 19.3 Å². The average Bonchev–Trinajstić information content (AvgIpc) is 3.81. The molecule has 2 aromatic rings. The number of aliphatic hydroxyl groups is 2. The van der Waals surface area contributed by atoms with Crippen molar-refractivity contribution in [2.75, 3.05) is 37.8 Å². The molecule has 0 spiro atoms. The number of allylic oxidation sites excluding steroid dienone is 4. The zero-order chi connectivity index (χ0) is 49.7. The van der Waals surface area contributed by atoms with Crippen LogP contribution in [0.15, 0.2) is 37.0 Å². The number of rotatable bonds is 33. The summed E-state index contributed by atoms with van der Waals surface area (Å²) in [5, 5.41) is 26.5. The van der Waals surface area contributed by atoms with E-state index in [1.54, 1.807) is 0 Å². The molecular formula is C39H63Li3N7O17P3S. The molecule has 1 aliphatic rings. The Hall–Kier alpha value is -1.17. The molecule has 0 bridgehead atoms. The summed E-state index contributed by atoms with van der Waals surface area (Å²) in [5.74, 6) is -1.13. The van der Waals surface area contributed by atoms with E-state index in [2.05, 4.69) is 74.7 Å². The molecule has 0 aromatic carbocycles. The molecule has 1 saturated heterocycles. The van der Waals surface area contributed by atoms with E-state index >= 15 is 0 Å². The van der Waals surface area contributed by atoms with E-state index in [-0.39, 0.29) is 98.2 Å². The Bertz CT molecular complexity index is 2110. The summed E-state index contributed by atoms with van der Waals surface area (Å²) in [6.07, 6.45) is 14.0. The number of nitrogens with two attached hydrogens (primary N) is 1. The third-order valence-corrected chi connectivity index (χ3v) is 14.0. The zero-order valence-corrected chi connectivity index (χ0v) is 44.3. The number of carbonyl (C=O) groups excluding carboxylic acids is 3. The Balaban J connectivity index is 0.0000159. The molecule has 70 heavy (non-hydrogen) atoms. The number of fused-ring (bicyclic) bond motifs is 1. The first-order chi connectivity index (χ1) is 31.6. The van der Waals surface area contributed by atoms with Crippen molar-refractivity contribution in [1.82, 2.24) is 30.2 Å². The fourth-order valence-corrected chi connectivity index (χ4v) is 9.90. The second-order valence-corrected chi connectivity index (χ2v) is 21.5. The average molecular weight is 1050 g/mol. The first-order valence-corrected chi connectivity index (χ1v) is 27.3. The van der Waals surface area contributed by atoms with Crippen LogP contribution in [-0.4, -0.2) is 108 Å². The Morgan fingerprint density at radius 1 is 0.914 bits per heavy atom. The summed E-state index contributed by atoms with van der Waals surface area (Å²) < 4.78 is 61.1. The molecule has 1 aliphatic heterocycles. The van der Waals surface area contributed by atoms with Crippen molar-refractivity contribution in [3.05, 3.63) is 37.0 Å². The number of aromatic nitrogens is 4. The number of nitrogens with one attached hydrogen (secondary N) is 2. The molecule has 0 saturated carbocycles. The summed E-state index contributed by atoms with van der Waals surface area (Å²) in [6, 6.07) is 0. The van der Waals surface area contributed by atoms with Gasteiger partial charge in [-0.05, 0) is 38.5 Å². The number of nitrogens with zero attached hydrogens (tertiary/aromatic N) is 4. The number of amides is 2. The number of ether oxygens (including phenoxy) is 1. The van der Waals surface area contributed by atoms with E-state index in [9.17, 15) is 57.9 Å².